The molecule has 3 aliphatic rings. The van der Waals surface area contributed by atoms with Gasteiger partial charge in [-0.25, -0.2) is 4.79 Å². The smallest absolute Gasteiger partial charge is 0.315 e. The van der Waals surface area contributed by atoms with E-state index in [4.69, 9.17) is 9.47 Å². The Morgan fingerprint density at radius 3 is 2.37 bits per heavy atom. The van der Waals surface area contributed by atoms with Crippen molar-refractivity contribution >= 4 is 6.03 Å². The first-order valence-corrected chi connectivity index (χ1v) is 17.0. The Morgan fingerprint density at radius 1 is 0.913 bits per heavy atom. The molecule has 1 aliphatic carbocycles. The van der Waals surface area contributed by atoms with Crippen molar-refractivity contribution in [3.8, 4) is 11.1 Å². The third-order valence-corrected chi connectivity index (χ3v) is 10.3. The van der Waals surface area contributed by atoms with Crippen LogP contribution in [0.5, 0.6) is 0 Å². The Kier molecular flexibility index (Phi) is 9.58. The van der Waals surface area contributed by atoms with Crippen molar-refractivity contribution in [1.29, 1.82) is 0 Å². The topological polar surface area (TPSA) is 83.1 Å². The molecule has 6 atom stereocenters. The third kappa shape index (κ3) is 7.33. The van der Waals surface area contributed by atoms with Gasteiger partial charge in [-0.15, -0.1) is 0 Å². The van der Waals surface area contributed by atoms with Crippen LogP contribution in [0.4, 0.5) is 4.79 Å². The summed E-state index contributed by atoms with van der Waals surface area (Å²) in [5.41, 5.74) is 6.99. The van der Waals surface area contributed by atoms with Gasteiger partial charge in [0.25, 0.3) is 0 Å². The first-order valence-electron chi connectivity index (χ1n) is 17.0. The number of carbonyl (C=O) groups excluding carboxylic acids is 1. The molecule has 3 fully saturated rings. The lowest BCUT2D eigenvalue weighted by Crippen LogP contribution is -2.46. The van der Waals surface area contributed by atoms with E-state index in [0.717, 1.165) is 46.5 Å². The number of aliphatic hydroxyl groups is 1. The van der Waals surface area contributed by atoms with Crippen LogP contribution >= 0.6 is 0 Å². The van der Waals surface area contributed by atoms with Gasteiger partial charge in [0.05, 0.1) is 18.8 Å². The van der Waals surface area contributed by atoms with Crippen molar-refractivity contribution in [3.05, 3.63) is 95.1 Å². The Balaban J connectivity index is 1.22. The van der Waals surface area contributed by atoms with E-state index in [1.807, 2.05) is 31.2 Å². The number of aliphatic hydroxyl groups excluding tert-OH is 1. The van der Waals surface area contributed by atoms with Gasteiger partial charge in [-0.1, -0.05) is 94.4 Å². The van der Waals surface area contributed by atoms with Gasteiger partial charge in [-0.2, -0.15) is 0 Å². The minimum atomic E-state index is -0.487. The highest BCUT2D eigenvalue weighted by atomic mass is 16.7. The van der Waals surface area contributed by atoms with E-state index in [1.165, 1.54) is 19.3 Å². The third-order valence-electron chi connectivity index (χ3n) is 10.3. The number of likely N-dealkylation sites (tertiary alicyclic amines) is 1. The Morgan fingerprint density at radius 2 is 1.65 bits per heavy atom. The highest BCUT2D eigenvalue weighted by molar-refractivity contribution is 5.73. The van der Waals surface area contributed by atoms with Crippen molar-refractivity contribution in [3.63, 3.8) is 0 Å². The van der Waals surface area contributed by atoms with E-state index >= 15 is 0 Å². The summed E-state index contributed by atoms with van der Waals surface area (Å²) >= 11 is 0. The molecular formula is C39H51N3O4. The van der Waals surface area contributed by atoms with Crippen LogP contribution in [-0.4, -0.2) is 47.8 Å². The fraction of sp³-hybridized carbons (Fsp3) is 0.513. The number of fused-ring (bicyclic) bond motifs is 2. The molecule has 2 aliphatic heterocycles. The maximum atomic E-state index is 11.9. The fourth-order valence-electron chi connectivity index (χ4n) is 8.45. The molecule has 2 unspecified atom stereocenters. The molecule has 46 heavy (non-hydrogen) atoms. The number of rotatable bonds is 9. The Hall–Kier alpha value is -3.23. The van der Waals surface area contributed by atoms with E-state index < -0.39 is 6.29 Å². The van der Waals surface area contributed by atoms with Crippen LogP contribution in [0.2, 0.25) is 0 Å². The molecule has 0 aromatic heterocycles. The van der Waals surface area contributed by atoms with Crippen molar-refractivity contribution in [1.82, 2.24) is 15.5 Å². The minimum absolute atomic E-state index is 0.0149. The lowest BCUT2D eigenvalue weighted by atomic mass is 9.65. The number of benzene rings is 3. The summed E-state index contributed by atoms with van der Waals surface area (Å²) in [7, 11) is 0. The average molecular weight is 626 g/mol. The number of carbonyl (C=O) groups is 1. The number of nitrogens with zero attached hydrogens (tertiary/aromatic N) is 1. The van der Waals surface area contributed by atoms with E-state index in [0.29, 0.717) is 30.0 Å². The lowest BCUT2D eigenvalue weighted by molar-refractivity contribution is -0.276. The second kappa shape index (κ2) is 13.5. The summed E-state index contributed by atoms with van der Waals surface area (Å²) in [6.07, 6.45) is 3.19. The minimum Gasteiger partial charge on any atom is -0.392 e. The van der Waals surface area contributed by atoms with Crippen molar-refractivity contribution in [2.75, 3.05) is 19.6 Å². The molecule has 6 rings (SSSR count). The molecule has 3 aromatic rings. The molecular weight excluding hydrogens is 574 g/mol. The van der Waals surface area contributed by atoms with E-state index in [-0.39, 0.29) is 30.8 Å². The summed E-state index contributed by atoms with van der Waals surface area (Å²) < 4.78 is 13.6. The first kappa shape index (κ1) is 32.7. The van der Waals surface area contributed by atoms with E-state index in [1.54, 1.807) is 0 Å². The van der Waals surface area contributed by atoms with Gasteiger partial charge in [0, 0.05) is 43.7 Å². The van der Waals surface area contributed by atoms with E-state index in [2.05, 4.69) is 91.8 Å². The molecule has 7 heteroatoms. The average Bonchev–Trinajstić information content (AvgIpc) is 3.28. The quantitative estimate of drug-likeness (QED) is 0.232. The van der Waals surface area contributed by atoms with Crippen LogP contribution in [0.3, 0.4) is 0 Å². The number of hydrogen-bond acceptors (Lipinski definition) is 5. The Bertz CT molecular complexity index is 1490. The lowest BCUT2D eigenvalue weighted by Gasteiger charge is -2.43. The molecule has 2 heterocycles. The van der Waals surface area contributed by atoms with Gasteiger partial charge >= 0.3 is 6.03 Å². The number of amides is 2. The van der Waals surface area contributed by atoms with Gasteiger partial charge in [0.15, 0.2) is 6.29 Å². The van der Waals surface area contributed by atoms with Crippen LogP contribution in [0.25, 0.3) is 11.1 Å². The fourth-order valence-corrected chi connectivity index (χ4v) is 8.45. The molecule has 0 radical (unpaired) electrons. The van der Waals surface area contributed by atoms with Crippen molar-refractivity contribution in [2.24, 2.45) is 16.7 Å². The molecule has 246 valence electrons. The maximum absolute atomic E-state index is 11.9. The maximum Gasteiger partial charge on any atom is 0.315 e. The van der Waals surface area contributed by atoms with Crippen molar-refractivity contribution in [2.45, 2.75) is 91.6 Å². The zero-order valence-electron chi connectivity index (χ0n) is 28.1. The first-order chi connectivity index (χ1) is 22.0. The second-order valence-electron chi connectivity index (χ2n) is 15.0. The largest absolute Gasteiger partial charge is 0.392 e. The highest BCUT2D eigenvalue weighted by Crippen LogP contribution is 2.53. The molecule has 7 nitrogen and oxygen atoms in total. The zero-order valence-corrected chi connectivity index (χ0v) is 28.1. The highest BCUT2D eigenvalue weighted by Gasteiger charge is 2.51. The number of nitrogens with one attached hydrogen (secondary N) is 2. The molecule has 2 saturated heterocycles. The number of ether oxygens (including phenoxy) is 2. The van der Waals surface area contributed by atoms with Crippen molar-refractivity contribution < 1.29 is 19.4 Å². The molecule has 2 bridgehead atoms. The van der Waals surface area contributed by atoms with Crippen LogP contribution < -0.4 is 10.6 Å². The van der Waals surface area contributed by atoms with E-state index in [9.17, 15) is 9.90 Å². The predicted molar refractivity (Wildman–Crippen MR) is 182 cm³/mol. The Labute approximate surface area is 274 Å². The zero-order chi connectivity index (χ0) is 32.5. The van der Waals surface area contributed by atoms with Gasteiger partial charge in [0.2, 0.25) is 0 Å². The number of urea groups is 1. The van der Waals surface area contributed by atoms with Gasteiger partial charge in [-0.3, -0.25) is 4.90 Å². The summed E-state index contributed by atoms with van der Waals surface area (Å²) in [6.45, 7) is 14.6. The normalized spacial score (nSPS) is 29.0. The molecule has 3 aromatic carbocycles. The summed E-state index contributed by atoms with van der Waals surface area (Å²) in [6, 6.07) is 25.4. The van der Waals surface area contributed by atoms with Gasteiger partial charge < -0.3 is 25.2 Å². The number of hydrogen-bond donors (Lipinski definition) is 3. The predicted octanol–water partition coefficient (Wildman–Crippen LogP) is 7.36. The standard InChI is InChI=1S/C39H51N3O4/c1-6-40-37(44)41-21-28-8-7-9-32(18-28)29-14-16-31(17-15-29)36-45-34(22-42-25-39(5)20-33(42)19-38(3,4)24-39)26(2)35(46-36)30-12-10-27(23-43)11-13-30/h7-18,26,33-36,43H,6,19-25H2,1-5H3,(H2,40,41,44)/t26-,33?,34+,35+,36+,39?/m0/s1. The van der Waals surface area contributed by atoms with Gasteiger partial charge in [-0.05, 0) is 70.9 Å². The summed E-state index contributed by atoms with van der Waals surface area (Å²) in [5, 5.41) is 15.3. The molecule has 2 amide bonds. The second-order valence-corrected chi connectivity index (χ2v) is 15.0. The SMILES string of the molecule is CCNC(=O)NCc1cccc(-c2ccc([C@@H]3O[C@H](CN4CC5(C)CC4CC(C)(C)C5)[C@H](C)[C@H](c4ccc(CO)cc4)O3)cc2)c1. The van der Waals surface area contributed by atoms with Gasteiger partial charge in [0.1, 0.15) is 0 Å². The van der Waals surface area contributed by atoms with Crippen LogP contribution in [0, 0.1) is 16.7 Å². The monoisotopic (exact) mass is 625 g/mol. The molecule has 0 spiro atoms. The molecule has 1 saturated carbocycles. The summed E-state index contributed by atoms with van der Waals surface area (Å²) in [4.78, 5) is 14.6. The van der Waals surface area contributed by atoms with Crippen LogP contribution in [-0.2, 0) is 22.6 Å². The van der Waals surface area contributed by atoms with Crippen LogP contribution in [0.15, 0.2) is 72.8 Å². The van der Waals surface area contributed by atoms with Crippen LogP contribution in [0.1, 0.15) is 88.5 Å². The molecule has 3 N–H and O–H groups in total. The summed E-state index contributed by atoms with van der Waals surface area (Å²) in [5.74, 6) is 0.160.